The first kappa shape index (κ1) is 38.8. The Labute approximate surface area is 350 Å². The Morgan fingerprint density at radius 1 is 0.509 bits per heavy atom. The lowest BCUT2D eigenvalue weighted by atomic mass is 9.99. The van der Waals surface area contributed by atoms with E-state index in [9.17, 15) is 0 Å². The molecule has 0 spiro atoms. The van der Waals surface area contributed by atoms with Gasteiger partial charge in [-0.15, -0.1) is 0 Å². The molecule has 8 aromatic rings. The van der Waals surface area contributed by atoms with E-state index in [0.717, 1.165) is 68.1 Å². The molecule has 264 valence electrons. The van der Waals surface area contributed by atoms with E-state index in [0.29, 0.717) is 28.5 Å². The molecule has 4 heterocycles. The Balaban J connectivity index is 0.000000155. The Morgan fingerprint density at radius 2 is 1.00 bits per heavy atom. The molecule has 0 fully saturated rings. The minimum Gasteiger partial charge on any atom is -0.364 e. The molecule has 0 aliphatic rings. The molecule has 53 heavy (non-hydrogen) atoms. The molecule has 11 heteroatoms. The van der Waals surface area contributed by atoms with Gasteiger partial charge in [0.15, 0.2) is 0 Å². The topological polar surface area (TPSA) is 89.6 Å². The fourth-order valence-corrected chi connectivity index (χ4v) is 7.45. The number of fused-ring (bicyclic) bond motifs is 2. The SMILES string of the molecule is Clc1nc(Cl)c2c(-c3ccccc3)cccc2c1I.Clc1nc(NCc2ccccn2)c2c(-c3ccccc3)cccc2c1I.NCc1ccccn1. The Kier molecular flexibility index (Phi) is 13.8. The highest BCUT2D eigenvalue weighted by atomic mass is 127. The average molecular weight is 980 g/mol. The van der Waals surface area contributed by atoms with Crippen molar-refractivity contribution in [2.45, 2.75) is 13.1 Å². The van der Waals surface area contributed by atoms with Gasteiger partial charge in [-0.1, -0.05) is 144 Å². The van der Waals surface area contributed by atoms with Crippen molar-refractivity contribution >= 4 is 107 Å². The third kappa shape index (κ3) is 9.61. The Hall–Kier alpha value is -3.91. The van der Waals surface area contributed by atoms with Crippen molar-refractivity contribution in [2.24, 2.45) is 5.73 Å². The molecule has 4 aromatic heterocycles. The normalized spacial score (nSPS) is 10.6. The number of anilines is 1. The highest BCUT2D eigenvalue weighted by Crippen LogP contribution is 2.39. The molecule has 3 N–H and O–H groups in total. The second kappa shape index (κ2) is 18.9. The third-order valence-corrected chi connectivity index (χ3v) is 11.7. The molecule has 0 aliphatic heterocycles. The van der Waals surface area contributed by atoms with Crippen molar-refractivity contribution < 1.29 is 0 Å². The van der Waals surface area contributed by atoms with Crippen molar-refractivity contribution in [2.75, 3.05) is 5.32 Å². The van der Waals surface area contributed by atoms with Gasteiger partial charge in [-0.05, 0) is 91.7 Å². The first-order chi connectivity index (χ1) is 25.9. The summed E-state index contributed by atoms with van der Waals surface area (Å²) in [6.45, 7) is 1.11. The lowest BCUT2D eigenvalue weighted by Crippen LogP contribution is -2.05. The summed E-state index contributed by atoms with van der Waals surface area (Å²) in [4.78, 5) is 17.2. The van der Waals surface area contributed by atoms with Crippen molar-refractivity contribution in [3.05, 3.63) is 180 Å². The molecule has 0 unspecified atom stereocenters. The van der Waals surface area contributed by atoms with Crippen LogP contribution in [0.2, 0.25) is 15.5 Å². The third-order valence-electron chi connectivity index (χ3n) is 8.08. The summed E-state index contributed by atoms with van der Waals surface area (Å²) < 4.78 is 1.89. The molecule has 0 bridgehead atoms. The monoisotopic (exact) mass is 978 g/mol. The summed E-state index contributed by atoms with van der Waals surface area (Å²) in [5.74, 6) is 0.774. The first-order valence-corrected chi connectivity index (χ1v) is 19.7. The van der Waals surface area contributed by atoms with Crippen molar-refractivity contribution in [1.29, 1.82) is 0 Å². The van der Waals surface area contributed by atoms with Gasteiger partial charge in [-0.3, -0.25) is 9.97 Å². The van der Waals surface area contributed by atoms with E-state index in [-0.39, 0.29) is 0 Å². The lowest BCUT2D eigenvalue weighted by Gasteiger charge is -2.15. The molecule has 0 atom stereocenters. The molecule has 6 nitrogen and oxygen atoms in total. The van der Waals surface area contributed by atoms with E-state index in [2.05, 4.69) is 119 Å². The number of aromatic nitrogens is 4. The predicted octanol–water partition coefficient (Wildman–Crippen LogP) is 12.5. The highest BCUT2D eigenvalue weighted by Gasteiger charge is 2.16. The van der Waals surface area contributed by atoms with Gasteiger partial charge in [0.05, 0.1) is 25.1 Å². The van der Waals surface area contributed by atoms with E-state index >= 15 is 0 Å². The van der Waals surface area contributed by atoms with Gasteiger partial charge < -0.3 is 11.1 Å². The maximum atomic E-state index is 6.40. The zero-order valence-corrected chi connectivity index (χ0v) is 34.6. The summed E-state index contributed by atoms with van der Waals surface area (Å²) >= 11 is 23.2. The van der Waals surface area contributed by atoms with Crippen LogP contribution in [0.5, 0.6) is 0 Å². The molecule has 0 amide bonds. The second-order valence-corrected chi connectivity index (χ2v) is 14.7. The number of hydrogen-bond acceptors (Lipinski definition) is 6. The molecule has 0 aliphatic carbocycles. The number of pyridine rings is 4. The molecule has 0 saturated heterocycles. The van der Waals surface area contributed by atoms with Crippen LogP contribution < -0.4 is 11.1 Å². The van der Waals surface area contributed by atoms with Gasteiger partial charge in [-0.2, -0.15) is 0 Å². The Bertz CT molecular complexity index is 2440. The van der Waals surface area contributed by atoms with Crippen LogP contribution in [0, 0.1) is 7.14 Å². The smallest absolute Gasteiger partial charge is 0.145 e. The van der Waals surface area contributed by atoms with Crippen LogP contribution >= 0.6 is 80.0 Å². The van der Waals surface area contributed by atoms with E-state index in [1.807, 2.05) is 84.9 Å². The van der Waals surface area contributed by atoms with Gasteiger partial charge in [0.25, 0.3) is 0 Å². The second-order valence-electron chi connectivity index (χ2n) is 11.5. The van der Waals surface area contributed by atoms with Crippen molar-refractivity contribution in [3.63, 3.8) is 0 Å². The number of rotatable bonds is 6. The number of nitrogens with zero attached hydrogens (tertiary/aromatic N) is 4. The van der Waals surface area contributed by atoms with Crippen LogP contribution in [0.15, 0.2) is 146 Å². The Morgan fingerprint density at radius 3 is 1.51 bits per heavy atom. The fraction of sp³-hybridized carbons (Fsp3) is 0.0476. The van der Waals surface area contributed by atoms with E-state index in [1.165, 1.54) is 0 Å². The molecule has 8 rings (SSSR count). The number of hydrogen-bond donors (Lipinski definition) is 2. The van der Waals surface area contributed by atoms with E-state index in [1.54, 1.807) is 12.4 Å². The standard InChI is InChI=1S/C21H15ClIN3.C15H8Cl2IN.C6H8N2/c22-20-19(23)17-11-6-10-16(14-7-2-1-3-8-14)18(17)21(26-20)25-13-15-9-4-5-12-24-15;16-14-12-10(9-5-2-1-3-6-9)7-4-8-11(12)13(18)15(17)19-14;7-5-6-3-1-2-4-8-6/h1-12H,13H2,(H,25,26);1-8H;1-4H,5,7H2. The van der Waals surface area contributed by atoms with Gasteiger partial charge in [0.2, 0.25) is 0 Å². The summed E-state index contributed by atoms with van der Waals surface area (Å²) in [6.07, 6.45) is 3.53. The summed E-state index contributed by atoms with van der Waals surface area (Å²) in [5, 5.41) is 8.97. The number of benzene rings is 4. The number of nitrogens with one attached hydrogen (secondary N) is 1. The van der Waals surface area contributed by atoms with Crippen LogP contribution in [0.25, 0.3) is 43.8 Å². The summed E-state index contributed by atoms with van der Waals surface area (Å²) in [7, 11) is 0. The van der Waals surface area contributed by atoms with Crippen LogP contribution in [0.3, 0.4) is 0 Å². The quantitative estimate of drug-likeness (QED) is 0.127. The van der Waals surface area contributed by atoms with Gasteiger partial charge in [0.1, 0.15) is 21.3 Å². The van der Waals surface area contributed by atoms with E-state index in [4.69, 9.17) is 40.5 Å². The van der Waals surface area contributed by atoms with Gasteiger partial charge in [-0.25, -0.2) is 9.97 Å². The average Bonchev–Trinajstić information content (AvgIpc) is 3.22. The number of halogens is 5. The zero-order chi connectivity index (χ0) is 37.2. The van der Waals surface area contributed by atoms with Crippen molar-refractivity contribution in [3.8, 4) is 22.3 Å². The summed E-state index contributed by atoms with van der Waals surface area (Å²) in [5.41, 5.74) is 11.7. The first-order valence-electron chi connectivity index (χ1n) is 16.4. The minimum absolute atomic E-state index is 0.444. The predicted molar refractivity (Wildman–Crippen MR) is 239 cm³/mol. The minimum atomic E-state index is 0.444. The van der Waals surface area contributed by atoms with E-state index < -0.39 is 0 Å². The van der Waals surface area contributed by atoms with Gasteiger partial charge >= 0.3 is 0 Å². The highest BCUT2D eigenvalue weighted by molar-refractivity contribution is 14.1. The van der Waals surface area contributed by atoms with Gasteiger partial charge in [0, 0.05) is 40.5 Å². The summed E-state index contributed by atoms with van der Waals surface area (Å²) in [6, 6.07) is 44.4. The van der Waals surface area contributed by atoms with Crippen molar-refractivity contribution in [1.82, 2.24) is 19.9 Å². The molecule has 0 saturated carbocycles. The zero-order valence-electron chi connectivity index (χ0n) is 28.0. The van der Waals surface area contributed by atoms with Crippen LogP contribution in [-0.2, 0) is 13.1 Å². The largest absolute Gasteiger partial charge is 0.364 e. The molecule has 0 radical (unpaired) electrons. The maximum absolute atomic E-state index is 6.40. The molecule has 4 aromatic carbocycles. The fourth-order valence-electron chi connectivity index (χ4n) is 5.60. The molecular formula is C42H31Cl3I2N6. The van der Waals surface area contributed by atoms with Crippen LogP contribution in [-0.4, -0.2) is 19.9 Å². The molecular weight excluding hydrogens is 949 g/mol. The lowest BCUT2D eigenvalue weighted by molar-refractivity contribution is 0.991. The van der Waals surface area contributed by atoms with Crippen LogP contribution in [0.1, 0.15) is 11.4 Å². The maximum Gasteiger partial charge on any atom is 0.145 e. The number of nitrogens with two attached hydrogens (primary N) is 1. The van der Waals surface area contributed by atoms with Crippen LogP contribution in [0.4, 0.5) is 5.82 Å².